The Morgan fingerprint density at radius 3 is 2.90 bits per heavy atom. The van der Waals surface area contributed by atoms with E-state index in [2.05, 4.69) is 22.6 Å². The number of piperidine rings is 1. The molecule has 1 N–H and O–H groups in total. The summed E-state index contributed by atoms with van der Waals surface area (Å²) in [6.45, 7) is 6.67. The summed E-state index contributed by atoms with van der Waals surface area (Å²) in [6.07, 6.45) is 7.31. The van der Waals surface area contributed by atoms with Crippen molar-refractivity contribution in [3.8, 4) is 0 Å². The molecule has 6 heteroatoms. The van der Waals surface area contributed by atoms with Crippen LogP contribution < -0.4 is 5.32 Å². The van der Waals surface area contributed by atoms with Gasteiger partial charge in [0, 0.05) is 25.7 Å². The van der Waals surface area contributed by atoms with E-state index in [9.17, 15) is 4.79 Å². The van der Waals surface area contributed by atoms with Crippen molar-refractivity contribution in [1.29, 1.82) is 0 Å². The number of aromatic nitrogens is 3. The van der Waals surface area contributed by atoms with Crippen LogP contribution in [0.3, 0.4) is 0 Å². The summed E-state index contributed by atoms with van der Waals surface area (Å²) < 4.78 is 1.71. The molecule has 2 heterocycles. The van der Waals surface area contributed by atoms with Crippen LogP contribution >= 0.6 is 0 Å². The Hall–Kier alpha value is -1.43. The van der Waals surface area contributed by atoms with E-state index in [0.29, 0.717) is 18.9 Å². The summed E-state index contributed by atoms with van der Waals surface area (Å²) in [5, 5.41) is 11.0. The highest BCUT2D eigenvalue weighted by Gasteiger charge is 2.20. The van der Waals surface area contributed by atoms with E-state index in [0.717, 1.165) is 32.6 Å². The van der Waals surface area contributed by atoms with Gasteiger partial charge in [-0.2, -0.15) is 0 Å². The van der Waals surface area contributed by atoms with E-state index in [4.69, 9.17) is 0 Å². The summed E-state index contributed by atoms with van der Waals surface area (Å²) in [5.74, 6) is 0.888. The number of hydrogen-bond donors (Lipinski definition) is 1. The van der Waals surface area contributed by atoms with E-state index in [1.807, 2.05) is 4.90 Å². The van der Waals surface area contributed by atoms with Gasteiger partial charge < -0.3 is 10.2 Å². The summed E-state index contributed by atoms with van der Waals surface area (Å²) in [7, 11) is 0. The van der Waals surface area contributed by atoms with E-state index in [1.54, 1.807) is 17.1 Å². The molecule has 2 rings (SSSR count). The molecule has 112 valence electrons. The van der Waals surface area contributed by atoms with Crippen molar-refractivity contribution in [2.75, 3.05) is 26.2 Å². The second-order valence-electron chi connectivity index (χ2n) is 5.45. The lowest BCUT2D eigenvalue weighted by atomic mass is 9.97. The van der Waals surface area contributed by atoms with E-state index >= 15 is 0 Å². The molecule has 1 aliphatic heterocycles. The molecule has 0 saturated carbocycles. The molecule has 6 nitrogen and oxygen atoms in total. The molecule has 1 saturated heterocycles. The Labute approximate surface area is 120 Å². The molecule has 0 aromatic carbocycles. The van der Waals surface area contributed by atoms with Crippen LogP contribution in [0.4, 0.5) is 0 Å². The first-order valence-corrected chi connectivity index (χ1v) is 7.62. The van der Waals surface area contributed by atoms with Gasteiger partial charge in [0.1, 0.15) is 0 Å². The molecular formula is C14H25N5O. The van der Waals surface area contributed by atoms with Gasteiger partial charge in [-0.15, -0.1) is 5.10 Å². The highest BCUT2D eigenvalue weighted by Crippen LogP contribution is 2.14. The first-order chi connectivity index (χ1) is 9.79. The van der Waals surface area contributed by atoms with Crippen LogP contribution in [-0.2, 0) is 11.3 Å². The van der Waals surface area contributed by atoms with Gasteiger partial charge in [0.25, 0.3) is 0 Å². The number of nitrogens with one attached hydrogen (secondary N) is 1. The topological polar surface area (TPSA) is 63.1 Å². The van der Waals surface area contributed by atoms with Crippen LogP contribution in [0.25, 0.3) is 0 Å². The van der Waals surface area contributed by atoms with Gasteiger partial charge in [0.05, 0.1) is 12.7 Å². The lowest BCUT2D eigenvalue weighted by molar-refractivity contribution is -0.132. The second-order valence-corrected chi connectivity index (χ2v) is 5.45. The van der Waals surface area contributed by atoms with Crippen LogP contribution in [0.15, 0.2) is 12.4 Å². The minimum absolute atomic E-state index is 0.237. The van der Waals surface area contributed by atoms with Gasteiger partial charge in [-0.25, -0.2) is 0 Å². The van der Waals surface area contributed by atoms with Crippen LogP contribution in [-0.4, -0.2) is 52.0 Å². The Morgan fingerprint density at radius 1 is 1.45 bits per heavy atom. The predicted molar refractivity (Wildman–Crippen MR) is 77.1 cm³/mol. The van der Waals surface area contributed by atoms with Crippen molar-refractivity contribution in [2.24, 2.45) is 5.92 Å². The first-order valence-electron chi connectivity index (χ1n) is 7.62. The number of nitrogens with zero attached hydrogens (tertiary/aromatic N) is 4. The van der Waals surface area contributed by atoms with Crippen molar-refractivity contribution in [1.82, 2.24) is 25.2 Å². The third-order valence-electron chi connectivity index (χ3n) is 3.81. The predicted octanol–water partition coefficient (Wildman–Crippen LogP) is 0.906. The smallest absolute Gasteiger partial charge is 0.224 e. The molecule has 0 bridgehead atoms. The van der Waals surface area contributed by atoms with Crippen LogP contribution in [0, 0.1) is 5.92 Å². The van der Waals surface area contributed by atoms with Crippen molar-refractivity contribution < 1.29 is 4.79 Å². The molecule has 0 spiro atoms. The Kier molecular flexibility index (Phi) is 5.98. The molecule has 0 radical (unpaired) electrons. The molecule has 1 aliphatic rings. The quantitative estimate of drug-likeness (QED) is 0.806. The zero-order chi connectivity index (χ0) is 14.2. The maximum Gasteiger partial charge on any atom is 0.224 e. The number of amides is 1. The lowest BCUT2D eigenvalue weighted by Gasteiger charge is -2.30. The van der Waals surface area contributed by atoms with E-state index < -0.39 is 0 Å². The fraction of sp³-hybridized carbons (Fsp3) is 0.786. The Balaban J connectivity index is 1.81. The molecular weight excluding hydrogens is 254 g/mol. The van der Waals surface area contributed by atoms with Crippen molar-refractivity contribution in [2.45, 2.75) is 39.2 Å². The van der Waals surface area contributed by atoms with Crippen molar-refractivity contribution in [3.05, 3.63) is 12.4 Å². The average molecular weight is 279 g/mol. The minimum atomic E-state index is 0.237. The Morgan fingerprint density at radius 2 is 2.25 bits per heavy atom. The van der Waals surface area contributed by atoms with Gasteiger partial charge in [0.15, 0.2) is 0 Å². The monoisotopic (exact) mass is 279 g/mol. The molecule has 1 aromatic rings. The summed E-state index contributed by atoms with van der Waals surface area (Å²) in [6, 6.07) is 0. The number of carbonyl (C=O) groups is 1. The summed E-state index contributed by atoms with van der Waals surface area (Å²) in [4.78, 5) is 14.4. The zero-order valence-electron chi connectivity index (χ0n) is 12.3. The fourth-order valence-electron chi connectivity index (χ4n) is 2.68. The Bertz CT molecular complexity index is 386. The van der Waals surface area contributed by atoms with Crippen molar-refractivity contribution >= 4 is 5.91 Å². The standard InChI is InChI=1S/C14H25N5O/c1-2-9-18(12-13-3-6-15-7-4-13)14(20)5-10-19-11-8-16-17-19/h8,11,13,15H,2-7,9-10,12H2,1H3. The number of hydrogen-bond acceptors (Lipinski definition) is 4. The zero-order valence-corrected chi connectivity index (χ0v) is 12.3. The molecule has 1 amide bonds. The molecule has 0 unspecified atom stereocenters. The maximum atomic E-state index is 12.4. The van der Waals surface area contributed by atoms with Gasteiger partial charge in [-0.1, -0.05) is 12.1 Å². The highest BCUT2D eigenvalue weighted by atomic mass is 16.2. The summed E-state index contributed by atoms with van der Waals surface area (Å²) >= 11 is 0. The minimum Gasteiger partial charge on any atom is -0.342 e. The van der Waals surface area contributed by atoms with Crippen LogP contribution in [0.1, 0.15) is 32.6 Å². The third-order valence-corrected chi connectivity index (χ3v) is 3.81. The normalized spacial score (nSPS) is 16.2. The first kappa shape index (κ1) is 15.0. The number of carbonyl (C=O) groups excluding carboxylic acids is 1. The average Bonchev–Trinajstić information content (AvgIpc) is 2.99. The highest BCUT2D eigenvalue weighted by molar-refractivity contribution is 5.76. The molecule has 0 aliphatic carbocycles. The molecule has 1 aromatic heterocycles. The van der Waals surface area contributed by atoms with Crippen LogP contribution in [0.2, 0.25) is 0 Å². The molecule has 1 fully saturated rings. The third kappa shape index (κ3) is 4.59. The number of aryl methyl sites for hydroxylation is 1. The maximum absolute atomic E-state index is 12.4. The second kappa shape index (κ2) is 7.99. The largest absolute Gasteiger partial charge is 0.342 e. The van der Waals surface area contributed by atoms with Crippen molar-refractivity contribution in [3.63, 3.8) is 0 Å². The van der Waals surface area contributed by atoms with E-state index in [-0.39, 0.29) is 5.91 Å². The molecule has 20 heavy (non-hydrogen) atoms. The fourth-order valence-corrected chi connectivity index (χ4v) is 2.68. The SMILES string of the molecule is CCCN(CC1CCNCC1)C(=O)CCn1ccnn1. The van der Waals surface area contributed by atoms with Gasteiger partial charge in [0.2, 0.25) is 5.91 Å². The number of rotatable bonds is 7. The van der Waals surface area contributed by atoms with Gasteiger partial charge >= 0.3 is 0 Å². The van der Waals surface area contributed by atoms with E-state index in [1.165, 1.54) is 12.8 Å². The van der Waals surface area contributed by atoms with Gasteiger partial charge in [-0.3, -0.25) is 9.48 Å². The molecule has 0 atom stereocenters. The van der Waals surface area contributed by atoms with Gasteiger partial charge in [-0.05, 0) is 38.3 Å². The summed E-state index contributed by atoms with van der Waals surface area (Å²) in [5.41, 5.74) is 0. The van der Waals surface area contributed by atoms with Crippen LogP contribution in [0.5, 0.6) is 0 Å². The lowest BCUT2D eigenvalue weighted by Crippen LogP contribution is -2.40.